The van der Waals surface area contributed by atoms with Crippen molar-refractivity contribution in [1.29, 1.82) is 0 Å². The molecule has 0 aliphatic heterocycles. The van der Waals surface area contributed by atoms with Gasteiger partial charge in [0.15, 0.2) is 0 Å². The van der Waals surface area contributed by atoms with Crippen LogP contribution in [0.25, 0.3) is 0 Å². The molecule has 2 rings (SSSR count). The first-order valence-electron chi connectivity index (χ1n) is 6.14. The maximum absolute atomic E-state index is 12.3. The Balaban J connectivity index is 2.10. The molecule has 102 valence electrons. The highest BCUT2D eigenvalue weighted by Crippen LogP contribution is 2.48. The van der Waals surface area contributed by atoms with Gasteiger partial charge in [-0.3, -0.25) is 4.79 Å². The second kappa shape index (κ2) is 5.33. The van der Waals surface area contributed by atoms with Crippen LogP contribution >= 0.6 is 15.9 Å². The summed E-state index contributed by atoms with van der Waals surface area (Å²) in [6, 6.07) is 7.11. The Labute approximate surface area is 120 Å². The van der Waals surface area contributed by atoms with Crippen LogP contribution in [0.4, 0.5) is 0 Å². The Morgan fingerprint density at radius 3 is 2.37 bits per heavy atom. The van der Waals surface area contributed by atoms with Crippen LogP contribution in [0.1, 0.15) is 25.3 Å². The van der Waals surface area contributed by atoms with Gasteiger partial charge in [-0.2, -0.15) is 0 Å². The lowest BCUT2D eigenvalue weighted by molar-refractivity contribution is -0.144. The molecule has 0 spiro atoms. The van der Waals surface area contributed by atoms with Crippen molar-refractivity contribution in [3.8, 4) is 0 Å². The third-order valence-corrected chi connectivity index (χ3v) is 4.01. The van der Waals surface area contributed by atoms with Gasteiger partial charge in [-0.15, -0.1) is 0 Å². The predicted molar refractivity (Wildman–Crippen MR) is 74.7 cm³/mol. The molecule has 0 radical (unpaired) electrons. The van der Waals surface area contributed by atoms with Gasteiger partial charge in [0.25, 0.3) is 0 Å². The number of methoxy groups -OCH3 is 1. The van der Waals surface area contributed by atoms with Gasteiger partial charge in [-0.1, -0.05) is 28.1 Å². The first-order chi connectivity index (χ1) is 8.99. The van der Waals surface area contributed by atoms with Crippen molar-refractivity contribution in [3.63, 3.8) is 0 Å². The minimum atomic E-state index is -0.620. The Morgan fingerprint density at radius 1 is 1.32 bits per heavy atom. The summed E-state index contributed by atoms with van der Waals surface area (Å²) in [5.41, 5.74) is 0.522. The summed E-state index contributed by atoms with van der Waals surface area (Å²) in [4.78, 5) is 23.6. The van der Waals surface area contributed by atoms with Crippen LogP contribution in [-0.2, 0) is 19.7 Å². The van der Waals surface area contributed by atoms with E-state index >= 15 is 0 Å². The molecule has 0 aromatic heterocycles. The average molecular weight is 326 g/mol. The minimum Gasteiger partial charge on any atom is -0.467 e. The zero-order valence-electron chi connectivity index (χ0n) is 10.9. The number of halogens is 1. The summed E-state index contributed by atoms with van der Waals surface area (Å²) in [6.07, 6.45) is 1.63. The van der Waals surface area contributed by atoms with E-state index in [1.165, 1.54) is 7.11 Å². The first kappa shape index (κ1) is 14.1. The number of amides is 1. The van der Waals surface area contributed by atoms with E-state index in [-0.39, 0.29) is 5.91 Å². The molecule has 1 N–H and O–H groups in total. The van der Waals surface area contributed by atoms with E-state index in [9.17, 15) is 9.59 Å². The maximum Gasteiger partial charge on any atom is 0.328 e. The van der Waals surface area contributed by atoms with Crippen molar-refractivity contribution < 1.29 is 14.3 Å². The number of carbonyl (C=O) groups excluding carboxylic acids is 2. The summed E-state index contributed by atoms with van der Waals surface area (Å²) in [5, 5.41) is 2.72. The quantitative estimate of drug-likeness (QED) is 0.863. The van der Waals surface area contributed by atoms with Gasteiger partial charge in [0.1, 0.15) is 6.04 Å². The van der Waals surface area contributed by atoms with Gasteiger partial charge >= 0.3 is 5.97 Å². The number of hydrogen-bond acceptors (Lipinski definition) is 3. The van der Waals surface area contributed by atoms with Gasteiger partial charge in [-0.05, 0) is 37.5 Å². The Bertz CT molecular complexity index is 494. The predicted octanol–water partition coefficient (Wildman–Crippen LogP) is 2.16. The number of carbonyl (C=O) groups is 2. The van der Waals surface area contributed by atoms with Crippen molar-refractivity contribution in [3.05, 3.63) is 34.3 Å². The normalized spacial score (nSPS) is 17.4. The van der Waals surface area contributed by atoms with Gasteiger partial charge in [0, 0.05) is 4.47 Å². The summed E-state index contributed by atoms with van der Waals surface area (Å²) in [5.74, 6) is -0.535. The zero-order chi connectivity index (χ0) is 14.0. The molecule has 19 heavy (non-hydrogen) atoms. The second-order valence-corrected chi connectivity index (χ2v) is 5.72. The number of benzene rings is 1. The Kier molecular flexibility index (Phi) is 3.94. The lowest BCUT2D eigenvalue weighted by atomic mass is 9.95. The SMILES string of the molecule is COC(=O)C(C)NC(=O)C1(c2ccc(Br)cc2)CC1. The van der Waals surface area contributed by atoms with Crippen molar-refractivity contribution in [2.24, 2.45) is 0 Å². The summed E-state index contributed by atoms with van der Waals surface area (Å²) >= 11 is 3.38. The standard InChI is InChI=1S/C14H16BrNO3/c1-9(12(17)19-2)16-13(18)14(7-8-14)10-3-5-11(15)6-4-10/h3-6,9H,7-8H2,1-2H3,(H,16,18). The Hall–Kier alpha value is -1.36. The number of hydrogen-bond donors (Lipinski definition) is 1. The van der Waals surface area contributed by atoms with E-state index in [0.29, 0.717) is 0 Å². The highest BCUT2D eigenvalue weighted by atomic mass is 79.9. The average Bonchev–Trinajstić information content (AvgIpc) is 3.20. The van der Waals surface area contributed by atoms with E-state index in [1.54, 1.807) is 6.92 Å². The van der Waals surface area contributed by atoms with E-state index in [2.05, 4.69) is 26.0 Å². The van der Waals surface area contributed by atoms with E-state index in [4.69, 9.17) is 0 Å². The molecule has 1 saturated carbocycles. The zero-order valence-corrected chi connectivity index (χ0v) is 12.5. The van der Waals surface area contributed by atoms with Crippen molar-refractivity contribution >= 4 is 27.8 Å². The van der Waals surface area contributed by atoms with Crippen molar-refractivity contribution in [2.45, 2.75) is 31.2 Å². The summed E-state index contributed by atoms with van der Waals surface area (Å²) < 4.78 is 5.59. The molecule has 5 heteroatoms. The molecule has 0 heterocycles. The third-order valence-electron chi connectivity index (χ3n) is 3.48. The highest BCUT2D eigenvalue weighted by molar-refractivity contribution is 9.10. The van der Waals surface area contributed by atoms with Gasteiger partial charge in [0.05, 0.1) is 12.5 Å². The Morgan fingerprint density at radius 2 is 1.89 bits per heavy atom. The van der Waals surface area contributed by atoms with E-state index in [0.717, 1.165) is 22.9 Å². The molecule has 1 aliphatic carbocycles. The van der Waals surface area contributed by atoms with Crippen LogP contribution in [-0.4, -0.2) is 25.0 Å². The van der Waals surface area contributed by atoms with Crippen LogP contribution in [0.15, 0.2) is 28.7 Å². The fraction of sp³-hybridized carbons (Fsp3) is 0.429. The lowest BCUT2D eigenvalue weighted by Crippen LogP contribution is -2.44. The van der Waals surface area contributed by atoms with E-state index < -0.39 is 17.4 Å². The largest absolute Gasteiger partial charge is 0.467 e. The number of nitrogens with one attached hydrogen (secondary N) is 1. The fourth-order valence-electron chi connectivity index (χ4n) is 2.11. The van der Waals surface area contributed by atoms with Gasteiger partial charge < -0.3 is 10.1 Å². The highest BCUT2D eigenvalue weighted by Gasteiger charge is 2.51. The molecule has 1 amide bonds. The van der Waals surface area contributed by atoms with Gasteiger partial charge in [-0.25, -0.2) is 4.79 Å². The first-order valence-corrected chi connectivity index (χ1v) is 6.94. The molecule has 1 aromatic carbocycles. The molecular weight excluding hydrogens is 310 g/mol. The molecule has 1 aliphatic rings. The van der Waals surface area contributed by atoms with Crippen LogP contribution in [0.5, 0.6) is 0 Å². The fourth-order valence-corrected chi connectivity index (χ4v) is 2.38. The maximum atomic E-state index is 12.3. The monoisotopic (exact) mass is 325 g/mol. The van der Waals surface area contributed by atoms with Crippen molar-refractivity contribution in [2.75, 3.05) is 7.11 Å². The van der Waals surface area contributed by atoms with Crippen LogP contribution < -0.4 is 5.32 Å². The summed E-state index contributed by atoms with van der Waals surface area (Å²) in [7, 11) is 1.31. The van der Waals surface area contributed by atoms with Gasteiger partial charge in [0.2, 0.25) is 5.91 Å². The molecule has 1 unspecified atom stereocenters. The van der Waals surface area contributed by atoms with Crippen molar-refractivity contribution in [1.82, 2.24) is 5.32 Å². The molecule has 0 bridgehead atoms. The van der Waals surface area contributed by atoms with Crippen LogP contribution in [0, 0.1) is 0 Å². The van der Waals surface area contributed by atoms with Crippen LogP contribution in [0.2, 0.25) is 0 Å². The molecule has 4 nitrogen and oxygen atoms in total. The number of rotatable bonds is 4. The molecule has 1 aromatic rings. The summed E-state index contributed by atoms with van der Waals surface area (Å²) in [6.45, 7) is 1.63. The molecular formula is C14H16BrNO3. The number of ether oxygens (including phenoxy) is 1. The van der Waals surface area contributed by atoms with E-state index in [1.807, 2.05) is 24.3 Å². The lowest BCUT2D eigenvalue weighted by Gasteiger charge is -2.18. The third kappa shape index (κ3) is 2.81. The second-order valence-electron chi connectivity index (χ2n) is 4.81. The molecule has 1 fully saturated rings. The number of esters is 1. The smallest absolute Gasteiger partial charge is 0.328 e. The molecule has 1 atom stereocenters. The topological polar surface area (TPSA) is 55.4 Å². The van der Waals surface area contributed by atoms with Crippen LogP contribution in [0.3, 0.4) is 0 Å². The molecule has 0 saturated heterocycles. The minimum absolute atomic E-state index is 0.104.